The van der Waals surface area contributed by atoms with Gasteiger partial charge in [0.15, 0.2) is 0 Å². The van der Waals surface area contributed by atoms with Gasteiger partial charge in [-0.25, -0.2) is 0 Å². The molecule has 0 radical (unpaired) electrons. The van der Waals surface area contributed by atoms with Gasteiger partial charge < -0.3 is 10.1 Å². The average Bonchev–Trinajstić information content (AvgIpc) is 2.56. The zero-order valence-corrected chi connectivity index (χ0v) is 12.5. The van der Waals surface area contributed by atoms with Crippen molar-refractivity contribution in [2.45, 2.75) is 31.2 Å². The zero-order valence-electron chi connectivity index (χ0n) is 12.5. The van der Waals surface area contributed by atoms with Gasteiger partial charge >= 0.3 is 0 Å². The van der Waals surface area contributed by atoms with Crippen molar-refractivity contribution in [3.05, 3.63) is 59.9 Å². The third-order valence-corrected chi connectivity index (χ3v) is 4.27. The molecule has 2 atom stereocenters. The van der Waals surface area contributed by atoms with E-state index in [2.05, 4.69) is 16.4 Å². The van der Waals surface area contributed by atoms with Gasteiger partial charge in [0, 0.05) is 23.9 Å². The molecule has 0 spiro atoms. The lowest BCUT2D eigenvalue weighted by Gasteiger charge is -2.31. The topological polar surface area (TPSA) is 34.1 Å². The van der Waals surface area contributed by atoms with Crippen molar-refractivity contribution >= 4 is 0 Å². The Hall–Kier alpha value is -1.87. The second kappa shape index (κ2) is 6.72. The molecule has 3 heteroatoms. The smallest absolute Gasteiger partial charge is 0.119 e. The number of para-hydroxylation sites is 1. The zero-order chi connectivity index (χ0) is 14.5. The molecule has 21 heavy (non-hydrogen) atoms. The molecule has 0 saturated carbocycles. The van der Waals surface area contributed by atoms with Gasteiger partial charge in [0.2, 0.25) is 0 Å². The fourth-order valence-electron chi connectivity index (χ4n) is 3.14. The SMILES string of the molecule is CNC(COc1ccccc1)C1CCCc2cccnc21. The number of nitrogens with zero attached hydrogens (tertiary/aromatic N) is 1. The Labute approximate surface area is 126 Å². The van der Waals surface area contributed by atoms with Gasteiger partial charge in [0.1, 0.15) is 12.4 Å². The second-order valence-corrected chi connectivity index (χ2v) is 5.57. The van der Waals surface area contributed by atoms with E-state index in [1.165, 1.54) is 24.1 Å². The number of nitrogens with one attached hydrogen (secondary N) is 1. The first kappa shape index (κ1) is 14.1. The Morgan fingerprint density at radius 2 is 2.10 bits per heavy atom. The lowest BCUT2D eigenvalue weighted by Crippen LogP contribution is -2.39. The highest BCUT2D eigenvalue weighted by Gasteiger charge is 2.28. The predicted molar refractivity (Wildman–Crippen MR) is 84.7 cm³/mol. The van der Waals surface area contributed by atoms with E-state index >= 15 is 0 Å². The van der Waals surface area contributed by atoms with Gasteiger partial charge in [-0.1, -0.05) is 24.3 Å². The number of fused-ring (bicyclic) bond motifs is 1. The van der Waals surface area contributed by atoms with Gasteiger partial charge in [-0.05, 0) is 50.1 Å². The van der Waals surface area contributed by atoms with Crippen molar-refractivity contribution in [3.63, 3.8) is 0 Å². The third kappa shape index (κ3) is 3.24. The fraction of sp³-hybridized carbons (Fsp3) is 0.389. The molecule has 0 amide bonds. The lowest BCUT2D eigenvalue weighted by atomic mass is 9.82. The summed E-state index contributed by atoms with van der Waals surface area (Å²) in [7, 11) is 2.01. The molecule has 1 aliphatic carbocycles. The molecular weight excluding hydrogens is 260 g/mol. The summed E-state index contributed by atoms with van der Waals surface area (Å²) in [6.07, 6.45) is 5.46. The lowest BCUT2D eigenvalue weighted by molar-refractivity contribution is 0.239. The summed E-state index contributed by atoms with van der Waals surface area (Å²) in [6.45, 7) is 0.668. The van der Waals surface area contributed by atoms with Crippen molar-refractivity contribution in [1.82, 2.24) is 10.3 Å². The van der Waals surface area contributed by atoms with E-state index in [0.717, 1.165) is 12.2 Å². The molecule has 0 saturated heterocycles. The van der Waals surface area contributed by atoms with Crippen LogP contribution in [0, 0.1) is 0 Å². The summed E-state index contributed by atoms with van der Waals surface area (Å²) in [5, 5.41) is 3.42. The van der Waals surface area contributed by atoms with Gasteiger partial charge in [0.05, 0.1) is 0 Å². The van der Waals surface area contributed by atoms with Crippen LogP contribution in [0.1, 0.15) is 30.0 Å². The van der Waals surface area contributed by atoms with E-state index in [1.54, 1.807) is 0 Å². The number of pyridine rings is 1. The summed E-state index contributed by atoms with van der Waals surface area (Å²) in [5.74, 6) is 1.36. The molecule has 3 rings (SSSR count). The molecule has 1 aromatic carbocycles. The van der Waals surface area contributed by atoms with Crippen LogP contribution in [-0.2, 0) is 6.42 Å². The molecule has 1 heterocycles. The van der Waals surface area contributed by atoms with E-state index in [9.17, 15) is 0 Å². The highest BCUT2D eigenvalue weighted by molar-refractivity contribution is 5.27. The Morgan fingerprint density at radius 3 is 2.90 bits per heavy atom. The maximum absolute atomic E-state index is 5.94. The number of benzene rings is 1. The van der Waals surface area contributed by atoms with E-state index in [1.807, 2.05) is 49.6 Å². The van der Waals surface area contributed by atoms with Gasteiger partial charge in [-0.3, -0.25) is 4.98 Å². The van der Waals surface area contributed by atoms with E-state index in [0.29, 0.717) is 18.6 Å². The first-order valence-corrected chi connectivity index (χ1v) is 7.67. The number of rotatable bonds is 5. The number of aryl methyl sites for hydroxylation is 1. The normalized spacial score (nSPS) is 18.8. The van der Waals surface area contributed by atoms with E-state index < -0.39 is 0 Å². The van der Waals surface area contributed by atoms with Crippen LogP contribution < -0.4 is 10.1 Å². The summed E-state index contributed by atoms with van der Waals surface area (Å²) in [4.78, 5) is 4.63. The molecule has 0 fully saturated rings. The van der Waals surface area contributed by atoms with Crippen LogP contribution in [0.25, 0.3) is 0 Å². The van der Waals surface area contributed by atoms with Crippen molar-refractivity contribution < 1.29 is 4.74 Å². The summed E-state index contributed by atoms with van der Waals surface area (Å²) < 4.78 is 5.94. The van der Waals surface area contributed by atoms with Crippen molar-refractivity contribution in [2.24, 2.45) is 0 Å². The number of hydrogen-bond acceptors (Lipinski definition) is 3. The Morgan fingerprint density at radius 1 is 1.24 bits per heavy atom. The monoisotopic (exact) mass is 282 g/mol. The standard InChI is InChI=1S/C18H22N2O/c1-19-17(13-21-15-9-3-2-4-10-15)16-11-5-7-14-8-6-12-20-18(14)16/h2-4,6,8-10,12,16-17,19H,5,7,11,13H2,1H3. The minimum Gasteiger partial charge on any atom is -0.492 e. The Balaban J connectivity index is 1.72. The van der Waals surface area contributed by atoms with Gasteiger partial charge in [-0.15, -0.1) is 0 Å². The Kier molecular flexibility index (Phi) is 4.51. The van der Waals surface area contributed by atoms with Crippen molar-refractivity contribution in [1.29, 1.82) is 0 Å². The first-order valence-electron chi connectivity index (χ1n) is 7.67. The molecule has 1 aromatic heterocycles. The summed E-state index contributed by atoms with van der Waals surface area (Å²) in [6, 6.07) is 14.5. The molecule has 110 valence electrons. The van der Waals surface area contributed by atoms with E-state index in [-0.39, 0.29) is 0 Å². The quantitative estimate of drug-likeness (QED) is 0.914. The van der Waals surface area contributed by atoms with Crippen LogP contribution in [0.5, 0.6) is 5.75 Å². The average molecular weight is 282 g/mol. The molecule has 2 unspecified atom stereocenters. The molecule has 1 N–H and O–H groups in total. The van der Waals surface area contributed by atoms with Crippen molar-refractivity contribution in [3.8, 4) is 5.75 Å². The molecule has 2 aromatic rings. The minimum atomic E-state index is 0.291. The Bertz CT molecular complexity index is 570. The van der Waals surface area contributed by atoms with Crippen LogP contribution in [0.4, 0.5) is 0 Å². The molecular formula is C18H22N2O. The predicted octanol–water partition coefficient (Wildman–Crippen LogP) is 3.17. The van der Waals surface area contributed by atoms with Crippen LogP contribution in [0.2, 0.25) is 0 Å². The second-order valence-electron chi connectivity index (χ2n) is 5.57. The van der Waals surface area contributed by atoms with Crippen LogP contribution in [0.3, 0.4) is 0 Å². The van der Waals surface area contributed by atoms with Crippen LogP contribution in [-0.4, -0.2) is 24.7 Å². The van der Waals surface area contributed by atoms with E-state index in [4.69, 9.17) is 4.74 Å². The number of aromatic nitrogens is 1. The van der Waals surface area contributed by atoms with Crippen LogP contribution in [0.15, 0.2) is 48.7 Å². The number of ether oxygens (including phenoxy) is 1. The maximum atomic E-state index is 5.94. The van der Waals surface area contributed by atoms with Gasteiger partial charge in [-0.2, -0.15) is 0 Å². The summed E-state index contributed by atoms with van der Waals surface area (Å²) >= 11 is 0. The minimum absolute atomic E-state index is 0.291. The number of likely N-dealkylation sites (N-methyl/N-ethyl adjacent to an activating group) is 1. The number of hydrogen-bond donors (Lipinski definition) is 1. The van der Waals surface area contributed by atoms with Crippen molar-refractivity contribution in [2.75, 3.05) is 13.7 Å². The van der Waals surface area contributed by atoms with Gasteiger partial charge in [0.25, 0.3) is 0 Å². The molecule has 3 nitrogen and oxygen atoms in total. The molecule has 0 aliphatic heterocycles. The fourth-order valence-corrected chi connectivity index (χ4v) is 3.14. The highest BCUT2D eigenvalue weighted by atomic mass is 16.5. The maximum Gasteiger partial charge on any atom is 0.119 e. The first-order chi connectivity index (χ1) is 10.4. The summed E-state index contributed by atoms with van der Waals surface area (Å²) in [5.41, 5.74) is 2.65. The molecule has 0 bridgehead atoms. The third-order valence-electron chi connectivity index (χ3n) is 4.27. The largest absolute Gasteiger partial charge is 0.492 e. The van der Waals surface area contributed by atoms with Crippen LogP contribution >= 0.6 is 0 Å². The molecule has 1 aliphatic rings. The highest BCUT2D eigenvalue weighted by Crippen LogP contribution is 2.32.